The fraction of sp³-hybridized carbons (Fsp3) is 0.269. The number of ether oxygens (including phenoxy) is 1. The summed E-state index contributed by atoms with van der Waals surface area (Å²) < 4.78 is 22.1. The number of aromatic nitrogens is 5. The maximum Gasteiger partial charge on any atom is 0.252 e. The molecule has 0 unspecified atom stereocenters. The van der Waals surface area contributed by atoms with Crippen molar-refractivity contribution in [1.82, 2.24) is 24.7 Å². The molecule has 37 heavy (non-hydrogen) atoms. The van der Waals surface area contributed by atoms with Gasteiger partial charge in [-0.1, -0.05) is 18.2 Å². The van der Waals surface area contributed by atoms with Crippen molar-refractivity contribution in [2.45, 2.75) is 25.8 Å². The molecular weight excluding hydrogens is 493 g/mol. The number of nitrogens with two attached hydrogens (primary N) is 1. The second-order valence-electron chi connectivity index (χ2n) is 8.53. The van der Waals surface area contributed by atoms with Crippen LogP contribution in [0.2, 0.25) is 0 Å². The molecule has 0 saturated heterocycles. The van der Waals surface area contributed by atoms with Crippen LogP contribution in [0.3, 0.4) is 0 Å². The van der Waals surface area contributed by atoms with E-state index in [1.165, 1.54) is 12.3 Å². The largest absolute Gasteiger partial charge is 0.487 e. The summed E-state index contributed by atoms with van der Waals surface area (Å²) in [6.45, 7) is 0.791. The van der Waals surface area contributed by atoms with Gasteiger partial charge in [-0.2, -0.15) is 16.9 Å². The first kappa shape index (κ1) is 24.7. The van der Waals surface area contributed by atoms with Gasteiger partial charge in [0.2, 0.25) is 0 Å². The van der Waals surface area contributed by atoms with Crippen molar-refractivity contribution in [3.63, 3.8) is 0 Å². The van der Waals surface area contributed by atoms with E-state index in [0.717, 1.165) is 36.3 Å². The van der Waals surface area contributed by atoms with E-state index in [1.54, 1.807) is 42.4 Å². The lowest BCUT2D eigenvalue weighted by Gasteiger charge is -2.14. The minimum absolute atomic E-state index is 0.229. The zero-order valence-electron chi connectivity index (χ0n) is 20.3. The van der Waals surface area contributed by atoms with Crippen LogP contribution in [-0.4, -0.2) is 49.3 Å². The van der Waals surface area contributed by atoms with Crippen LogP contribution in [0.1, 0.15) is 33.6 Å². The van der Waals surface area contributed by atoms with E-state index in [1.807, 2.05) is 17.0 Å². The van der Waals surface area contributed by atoms with Crippen LogP contribution in [0.5, 0.6) is 5.75 Å². The molecule has 0 fully saturated rings. The number of hydrogen-bond acceptors (Lipinski definition) is 8. The highest BCUT2D eigenvalue weighted by Gasteiger charge is 2.26. The predicted molar refractivity (Wildman–Crippen MR) is 141 cm³/mol. The molecule has 190 valence electrons. The number of halogens is 1. The monoisotopic (exact) mass is 519 g/mol. The van der Waals surface area contributed by atoms with Gasteiger partial charge in [0.05, 0.1) is 30.6 Å². The standard InChI is InChI=1S/C26H26FN7O2S/c1-37-12-11-36-22-14-30-26(32-25(22)31-20-9-10-29-13-18(20)24(28)35)23-17-6-4-8-21(17)34(33-23)15-16-5-2-3-7-19(16)27/h2-3,5,7,9-10,13-14H,4,6,8,11-12,15H2,1H3,(H2,28,35)(H,29,30,31,32). The van der Waals surface area contributed by atoms with E-state index in [4.69, 9.17) is 20.6 Å². The summed E-state index contributed by atoms with van der Waals surface area (Å²) in [6, 6.07) is 8.36. The Bertz CT molecular complexity index is 1440. The van der Waals surface area contributed by atoms with Gasteiger partial charge in [-0.3, -0.25) is 14.5 Å². The number of hydrogen-bond donors (Lipinski definition) is 2. The molecular formula is C26H26FN7O2S. The summed E-state index contributed by atoms with van der Waals surface area (Å²) in [7, 11) is 0. The molecule has 3 aromatic heterocycles. The van der Waals surface area contributed by atoms with Crippen LogP contribution in [0.25, 0.3) is 11.5 Å². The van der Waals surface area contributed by atoms with E-state index in [9.17, 15) is 9.18 Å². The van der Waals surface area contributed by atoms with Crippen LogP contribution in [0, 0.1) is 5.82 Å². The summed E-state index contributed by atoms with van der Waals surface area (Å²) in [5, 5.41) is 7.98. The molecule has 0 atom stereocenters. The molecule has 1 aromatic carbocycles. The summed E-state index contributed by atoms with van der Waals surface area (Å²) in [4.78, 5) is 25.3. The molecule has 0 spiro atoms. The summed E-state index contributed by atoms with van der Waals surface area (Å²) in [5.74, 6) is 1.15. The van der Waals surface area contributed by atoms with Crippen LogP contribution in [0.15, 0.2) is 48.9 Å². The van der Waals surface area contributed by atoms with Crippen molar-refractivity contribution in [3.8, 4) is 17.3 Å². The van der Waals surface area contributed by atoms with Gasteiger partial charge in [0.15, 0.2) is 17.4 Å². The Balaban J connectivity index is 1.53. The molecule has 3 N–H and O–H groups in total. The van der Waals surface area contributed by atoms with Crippen molar-refractivity contribution in [2.24, 2.45) is 5.73 Å². The van der Waals surface area contributed by atoms with Crippen molar-refractivity contribution >= 4 is 29.2 Å². The number of thioether (sulfide) groups is 1. The third-order valence-corrected chi connectivity index (χ3v) is 6.71. The fourth-order valence-electron chi connectivity index (χ4n) is 4.35. The number of amides is 1. The first-order valence-electron chi connectivity index (χ1n) is 11.9. The second-order valence-corrected chi connectivity index (χ2v) is 9.52. The van der Waals surface area contributed by atoms with Crippen LogP contribution >= 0.6 is 11.8 Å². The van der Waals surface area contributed by atoms with Gasteiger partial charge >= 0.3 is 0 Å². The van der Waals surface area contributed by atoms with Gasteiger partial charge in [-0.05, 0) is 37.7 Å². The fourth-order valence-corrected chi connectivity index (χ4v) is 4.60. The number of fused-ring (bicyclic) bond motifs is 1. The molecule has 1 aliphatic carbocycles. The van der Waals surface area contributed by atoms with Crippen molar-refractivity contribution in [3.05, 3.63) is 77.1 Å². The van der Waals surface area contributed by atoms with E-state index < -0.39 is 5.91 Å². The number of nitrogens with zero attached hydrogens (tertiary/aromatic N) is 5. The Hall–Kier alpha value is -3.99. The topological polar surface area (TPSA) is 121 Å². The SMILES string of the molecule is CSCCOc1cnc(-c2nn(Cc3ccccc3F)c3c2CCC3)nc1Nc1ccncc1C(N)=O. The zero-order valence-corrected chi connectivity index (χ0v) is 21.1. The lowest BCUT2D eigenvalue weighted by atomic mass is 10.2. The molecule has 0 saturated carbocycles. The van der Waals surface area contributed by atoms with Crippen molar-refractivity contribution in [1.29, 1.82) is 0 Å². The lowest BCUT2D eigenvalue weighted by molar-refractivity contribution is 0.100. The maximum atomic E-state index is 14.4. The van der Waals surface area contributed by atoms with Crippen molar-refractivity contribution in [2.75, 3.05) is 23.9 Å². The molecule has 0 radical (unpaired) electrons. The molecule has 0 bridgehead atoms. The first-order valence-corrected chi connectivity index (χ1v) is 13.3. The minimum atomic E-state index is -0.612. The van der Waals surface area contributed by atoms with Gasteiger partial charge in [0.25, 0.3) is 5.91 Å². The third-order valence-electron chi connectivity index (χ3n) is 6.14. The Morgan fingerprint density at radius 1 is 1.24 bits per heavy atom. The average molecular weight is 520 g/mol. The summed E-state index contributed by atoms with van der Waals surface area (Å²) >= 11 is 1.66. The van der Waals surface area contributed by atoms with Crippen LogP contribution in [0.4, 0.5) is 15.9 Å². The zero-order chi connectivity index (χ0) is 25.8. The van der Waals surface area contributed by atoms with Gasteiger partial charge in [0, 0.05) is 35.0 Å². The molecule has 3 heterocycles. The Labute approximate surface area is 217 Å². The number of carbonyl (C=O) groups is 1. The quantitative estimate of drug-likeness (QED) is 0.302. The van der Waals surface area contributed by atoms with Crippen LogP contribution < -0.4 is 15.8 Å². The lowest BCUT2D eigenvalue weighted by Crippen LogP contribution is -2.14. The number of benzene rings is 1. The molecule has 4 aromatic rings. The molecule has 1 amide bonds. The Morgan fingerprint density at radius 2 is 2.11 bits per heavy atom. The summed E-state index contributed by atoms with van der Waals surface area (Å²) in [5.41, 5.74) is 9.60. The normalized spacial score (nSPS) is 12.4. The molecule has 1 aliphatic rings. The highest BCUT2D eigenvalue weighted by molar-refractivity contribution is 7.98. The van der Waals surface area contributed by atoms with E-state index >= 15 is 0 Å². The van der Waals surface area contributed by atoms with Gasteiger partial charge in [-0.15, -0.1) is 0 Å². The Kier molecular flexibility index (Phi) is 7.31. The molecule has 9 nitrogen and oxygen atoms in total. The van der Waals surface area contributed by atoms with Crippen molar-refractivity contribution < 1.29 is 13.9 Å². The smallest absolute Gasteiger partial charge is 0.252 e. The van der Waals surface area contributed by atoms with Gasteiger partial charge < -0.3 is 15.8 Å². The first-order chi connectivity index (χ1) is 18.0. The molecule has 11 heteroatoms. The number of pyridine rings is 1. The van der Waals surface area contributed by atoms with E-state index in [2.05, 4.69) is 15.3 Å². The number of nitrogens with one attached hydrogen (secondary N) is 1. The minimum Gasteiger partial charge on any atom is -0.487 e. The maximum absolute atomic E-state index is 14.4. The number of carbonyl (C=O) groups excluding carboxylic acids is 1. The number of rotatable bonds is 10. The van der Waals surface area contributed by atoms with Crippen LogP contribution in [-0.2, 0) is 19.4 Å². The predicted octanol–water partition coefficient (Wildman–Crippen LogP) is 4.00. The molecule has 5 rings (SSSR count). The summed E-state index contributed by atoms with van der Waals surface area (Å²) in [6.07, 6.45) is 9.24. The van der Waals surface area contributed by atoms with Gasteiger partial charge in [-0.25, -0.2) is 14.4 Å². The van der Waals surface area contributed by atoms with Gasteiger partial charge in [0.1, 0.15) is 11.5 Å². The average Bonchev–Trinajstić information content (AvgIpc) is 3.50. The second kappa shape index (κ2) is 11.0. The Morgan fingerprint density at radius 3 is 2.92 bits per heavy atom. The highest BCUT2D eigenvalue weighted by Crippen LogP contribution is 2.34. The highest BCUT2D eigenvalue weighted by atomic mass is 32.2. The third kappa shape index (κ3) is 5.26. The van der Waals surface area contributed by atoms with E-state index in [0.29, 0.717) is 47.5 Å². The molecule has 0 aliphatic heterocycles. The van der Waals surface area contributed by atoms with E-state index in [-0.39, 0.29) is 11.4 Å². The number of primary amides is 1. The number of anilines is 2.